The van der Waals surface area contributed by atoms with Gasteiger partial charge in [0.05, 0.1) is 0 Å². The maximum atomic E-state index is 10.5. The quantitative estimate of drug-likeness (QED) is 0.774. The van der Waals surface area contributed by atoms with Gasteiger partial charge in [-0.25, -0.2) is 9.78 Å². The molecule has 1 aromatic rings. The molecule has 0 saturated carbocycles. The summed E-state index contributed by atoms with van der Waals surface area (Å²) in [6, 6.07) is 3.37. The minimum absolute atomic E-state index is 0.104. The molecule has 0 bridgehead atoms. The van der Waals surface area contributed by atoms with E-state index < -0.39 is 5.97 Å². The van der Waals surface area contributed by atoms with E-state index in [4.69, 9.17) is 5.11 Å². The van der Waals surface area contributed by atoms with Gasteiger partial charge in [0, 0.05) is 6.20 Å². The zero-order chi connectivity index (χ0) is 9.84. The van der Waals surface area contributed by atoms with Crippen molar-refractivity contribution in [2.75, 3.05) is 0 Å². The molecule has 3 heteroatoms. The Morgan fingerprint density at radius 3 is 2.69 bits per heavy atom. The highest BCUT2D eigenvalue weighted by molar-refractivity contribution is 5.85. The first kappa shape index (κ1) is 9.71. The summed E-state index contributed by atoms with van der Waals surface area (Å²) >= 11 is 0. The predicted octanol–water partition coefficient (Wildman–Crippen LogP) is 2.29. The maximum absolute atomic E-state index is 10.5. The maximum Gasteiger partial charge on any atom is 0.354 e. The van der Waals surface area contributed by atoms with Crippen LogP contribution >= 0.6 is 0 Å². The van der Waals surface area contributed by atoms with Crippen LogP contribution in [0.5, 0.6) is 0 Å². The fraction of sp³-hybridized carbons (Fsp3) is 0.400. The van der Waals surface area contributed by atoms with Gasteiger partial charge >= 0.3 is 5.97 Å². The van der Waals surface area contributed by atoms with E-state index in [1.807, 2.05) is 6.07 Å². The smallest absolute Gasteiger partial charge is 0.354 e. The average molecular weight is 179 g/mol. The second-order valence-electron chi connectivity index (χ2n) is 3.09. The van der Waals surface area contributed by atoms with Crippen LogP contribution in [-0.2, 0) is 0 Å². The van der Waals surface area contributed by atoms with Crippen molar-refractivity contribution >= 4 is 5.97 Å². The number of aromatic carboxylic acids is 1. The largest absolute Gasteiger partial charge is 0.477 e. The number of nitrogens with zero attached hydrogens (tertiary/aromatic N) is 1. The molecule has 1 rings (SSSR count). The van der Waals surface area contributed by atoms with Crippen LogP contribution in [0, 0.1) is 0 Å². The minimum atomic E-state index is -0.976. The Hall–Kier alpha value is -1.38. The molecule has 70 valence electrons. The lowest BCUT2D eigenvalue weighted by molar-refractivity contribution is 0.0690. The molecule has 0 aliphatic rings. The number of carbonyl (C=O) groups is 1. The predicted molar refractivity (Wildman–Crippen MR) is 49.9 cm³/mol. The van der Waals surface area contributed by atoms with Gasteiger partial charge in [-0.1, -0.05) is 19.9 Å². The van der Waals surface area contributed by atoms with Crippen molar-refractivity contribution in [1.82, 2.24) is 4.98 Å². The standard InChI is InChI=1S/C10H13NO2/c1-3-7(2)8-4-5-9(10(12)13)11-6-8/h4-7H,3H2,1-2H3,(H,12,13). The van der Waals surface area contributed by atoms with Gasteiger partial charge in [-0.05, 0) is 24.0 Å². The summed E-state index contributed by atoms with van der Waals surface area (Å²) in [5, 5.41) is 8.61. The SMILES string of the molecule is CCC(C)c1ccc(C(=O)O)nc1. The second-order valence-corrected chi connectivity index (χ2v) is 3.09. The van der Waals surface area contributed by atoms with Crippen molar-refractivity contribution < 1.29 is 9.90 Å². The molecule has 1 atom stereocenters. The fourth-order valence-corrected chi connectivity index (χ4v) is 1.06. The Morgan fingerprint density at radius 2 is 2.31 bits per heavy atom. The third kappa shape index (κ3) is 2.28. The highest BCUT2D eigenvalue weighted by atomic mass is 16.4. The van der Waals surface area contributed by atoms with Gasteiger partial charge in [0.2, 0.25) is 0 Å². The van der Waals surface area contributed by atoms with Gasteiger partial charge in [-0.2, -0.15) is 0 Å². The van der Waals surface area contributed by atoms with Crippen LogP contribution in [0.1, 0.15) is 42.2 Å². The van der Waals surface area contributed by atoms with Crippen LogP contribution in [0.25, 0.3) is 0 Å². The summed E-state index contributed by atoms with van der Waals surface area (Å²) in [6.45, 7) is 4.19. The Morgan fingerprint density at radius 1 is 1.62 bits per heavy atom. The molecular weight excluding hydrogens is 166 g/mol. The number of carboxylic acid groups (broad SMARTS) is 1. The molecule has 0 spiro atoms. The molecule has 0 fully saturated rings. The Bertz CT molecular complexity index is 292. The van der Waals surface area contributed by atoms with Gasteiger partial charge in [-0.15, -0.1) is 0 Å². The molecule has 0 aromatic carbocycles. The molecule has 3 nitrogen and oxygen atoms in total. The van der Waals surface area contributed by atoms with Crippen LogP contribution in [-0.4, -0.2) is 16.1 Å². The van der Waals surface area contributed by atoms with Crippen molar-refractivity contribution in [3.63, 3.8) is 0 Å². The summed E-state index contributed by atoms with van der Waals surface area (Å²) < 4.78 is 0. The molecule has 0 aliphatic carbocycles. The number of hydrogen-bond donors (Lipinski definition) is 1. The first-order chi connectivity index (χ1) is 6.15. The zero-order valence-corrected chi connectivity index (χ0v) is 7.82. The van der Waals surface area contributed by atoms with E-state index in [1.54, 1.807) is 12.3 Å². The van der Waals surface area contributed by atoms with E-state index >= 15 is 0 Å². The normalized spacial score (nSPS) is 12.5. The highest BCUT2D eigenvalue weighted by Gasteiger charge is 2.06. The molecule has 0 saturated heterocycles. The average Bonchev–Trinajstić information content (AvgIpc) is 2.17. The second kappa shape index (κ2) is 4.03. The van der Waals surface area contributed by atoms with E-state index in [0.29, 0.717) is 5.92 Å². The minimum Gasteiger partial charge on any atom is -0.477 e. The monoisotopic (exact) mass is 179 g/mol. The van der Waals surface area contributed by atoms with Gasteiger partial charge in [0.15, 0.2) is 0 Å². The van der Waals surface area contributed by atoms with Crippen LogP contribution in [0.4, 0.5) is 0 Å². The van der Waals surface area contributed by atoms with Crippen LogP contribution in [0.15, 0.2) is 18.3 Å². The third-order valence-corrected chi connectivity index (χ3v) is 2.19. The summed E-state index contributed by atoms with van der Waals surface area (Å²) in [6.07, 6.45) is 2.67. The zero-order valence-electron chi connectivity index (χ0n) is 7.82. The molecule has 1 heterocycles. The number of rotatable bonds is 3. The van der Waals surface area contributed by atoms with Crippen LogP contribution < -0.4 is 0 Å². The molecule has 13 heavy (non-hydrogen) atoms. The van der Waals surface area contributed by atoms with Gasteiger partial charge in [0.25, 0.3) is 0 Å². The lowest BCUT2D eigenvalue weighted by Crippen LogP contribution is -2.01. The highest BCUT2D eigenvalue weighted by Crippen LogP contribution is 2.17. The van der Waals surface area contributed by atoms with Crippen molar-refractivity contribution in [3.8, 4) is 0 Å². The van der Waals surface area contributed by atoms with Crippen molar-refractivity contribution in [2.45, 2.75) is 26.2 Å². The number of aromatic nitrogens is 1. The van der Waals surface area contributed by atoms with Gasteiger partial charge in [-0.3, -0.25) is 0 Å². The van der Waals surface area contributed by atoms with Crippen molar-refractivity contribution in [3.05, 3.63) is 29.6 Å². The summed E-state index contributed by atoms with van der Waals surface area (Å²) in [7, 11) is 0. The summed E-state index contributed by atoms with van der Waals surface area (Å²) in [5.74, 6) is -0.536. The van der Waals surface area contributed by atoms with E-state index in [2.05, 4.69) is 18.8 Å². The van der Waals surface area contributed by atoms with Crippen LogP contribution in [0.3, 0.4) is 0 Å². The number of hydrogen-bond acceptors (Lipinski definition) is 2. The summed E-state index contributed by atoms with van der Waals surface area (Å²) in [5.41, 5.74) is 1.19. The van der Waals surface area contributed by atoms with E-state index in [0.717, 1.165) is 12.0 Å². The first-order valence-electron chi connectivity index (χ1n) is 4.34. The fourth-order valence-electron chi connectivity index (χ4n) is 1.06. The molecule has 1 unspecified atom stereocenters. The lowest BCUT2D eigenvalue weighted by Gasteiger charge is -2.07. The van der Waals surface area contributed by atoms with Crippen LogP contribution in [0.2, 0.25) is 0 Å². The third-order valence-electron chi connectivity index (χ3n) is 2.19. The summed E-state index contributed by atoms with van der Waals surface area (Å²) in [4.78, 5) is 14.3. The number of carboxylic acids is 1. The lowest BCUT2D eigenvalue weighted by atomic mass is 10.0. The topological polar surface area (TPSA) is 50.2 Å². The van der Waals surface area contributed by atoms with E-state index in [1.165, 1.54) is 0 Å². The number of pyridine rings is 1. The van der Waals surface area contributed by atoms with Crippen molar-refractivity contribution in [1.29, 1.82) is 0 Å². The van der Waals surface area contributed by atoms with Gasteiger partial charge in [0.1, 0.15) is 5.69 Å². The molecule has 0 amide bonds. The molecular formula is C10H13NO2. The molecule has 0 radical (unpaired) electrons. The van der Waals surface area contributed by atoms with Crippen molar-refractivity contribution in [2.24, 2.45) is 0 Å². The molecule has 1 aromatic heterocycles. The van der Waals surface area contributed by atoms with E-state index in [9.17, 15) is 4.79 Å². The molecule has 1 N–H and O–H groups in total. The Labute approximate surface area is 77.4 Å². The Kier molecular flexibility index (Phi) is 3.01. The van der Waals surface area contributed by atoms with Gasteiger partial charge < -0.3 is 5.11 Å². The Balaban J connectivity index is 2.87. The first-order valence-corrected chi connectivity index (χ1v) is 4.34. The molecule has 0 aliphatic heterocycles. The van der Waals surface area contributed by atoms with E-state index in [-0.39, 0.29) is 5.69 Å².